The molecule has 0 aliphatic heterocycles. The number of carboxylic acids is 1. The van der Waals surface area contributed by atoms with Crippen molar-refractivity contribution in [1.29, 1.82) is 0 Å². The van der Waals surface area contributed by atoms with E-state index in [0.717, 1.165) is 28.4 Å². The van der Waals surface area contributed by atoms with Gasteiger partial charge in [0.2, 0.25) is 0 Å². The summed E-state index contributed by atoms with van der Waals surface area (Å²) in [6.45, 7) is 4.47. The zero-order valence-corrected chi connectivity index (χ0v) is 13.5. The fourth-order valence-corrected chi connectivity index (χ4v) is 2.56. The van der Waals surface area contributed by atoms with Gasteiger partial charge in [0, 0.05) is 16.0 Å². The molecule has 0 fully saturated rings. The van der Waals surface area contributed by atoms with Gasteiger partial charge in [-0.15, -0.1) is 0 Å². The lowest BCUT2D eigenvalue weighted by Crippen LogP contribution is -2.36. The van der Waals surface area contributed by atoms with Gasteiger partial charge in [0.1, 0.15) is 6.04 Å². The van der Waals surface area contributed by atoms with Crippen molar-refractivity contribution in [2.75, 3.05) is 0 Å². The Morgan fingerprint density at radius 3 is 2.79 bits per heavy atom. The lowest BCUT2D eigenvalue weighted by Gasteiger charge is -2.15. The molecule has 2 N–H and O–H groups in total. The van der Waals surface area contributed by atoms with Gasteiger partial charge in [0.25, 0.3) is 0 Å². The highest BCUT2D eigenvalue weighted by molar-refractivity contribution is 9.10. The Kier molecular flexibility index (Phi) is 6.83. The topological polar surface area (TPSA) is 49.3 Å². The van der Waals surface area contributed by atoms with Crippen LogP contribution in [-0.2, 0) is 11.3 Å². The van der Waals surface area contributed by atoms with E-state index in [1.54, 1.807) is 0 Å². The Balaban J connectivity index is 2.68. The quantitative estimate of drug-likeness (QED) is 0.778. The first-order chi connectivity index (χ1) is 8.95. The predicted octanol–water partition coefficient (Wildman–Crippen LogP) is 4.14. The van der Waals surface area contributed by atoms with Crippen molar-refractivity contribution in [3.63, 3.8) is 0 Å². The van der Waals surface area contributed by atoms with E-state index in [4.69, 9.17) is 16.7 Å². The first-order valence-corrected chi connectivity index (χ1v) is 7.53. The van der Waals surface area contributed by atoms with Crippen molar-refractivity contribution in [1.82, 2.24) is 5.32 Å². The molecule has 1 atom stereocenters. The largest absolute Gasteiger partial charge is 0.480 e. The van der Waals surface area contributed by atoms with E-state index < -0.39 is 12.0 Å². The first kappa shape index (κ1) is 16.5. The number of rotatable bonds is 7. The van der Waals surface area contributed by atoms with Crippen molar-refractivity contribution in [3.8, 4) is 0 Å². The normalized spacial score (nSPS) is 12.4. The van der Waals surface area contributed by atoms with Gasteiger partial charge in [0.15, 0.2) is 0 Å². The average molecular weight is 349 g/mol. The molecule has 0 bridgehead atoms. The van der Waals surface area contributed by atoms with Crippen LogP contribution >= 0.6 is 27.5 Å². The van der Waals surface area contributed by atoms with Crippen molar-refractivity contribution in [3.05, 3.63) is 32.8 Å². The predicted molar refractivity (Wildman–Crippen MR) is 81.7 cm³/mol. The summed E-state index contributed by atoms with van der Waals surface area (Å²) in [5.74, 6) is -0.803. The van der Waals surface area contributed by atoms with Crippen LogP contribution in [0.1, 0.15) is 37.3 Å². The van der Waals surface area contributed by atoms with Crippen molar-refractivity contribution < 1.29 is 9.90 Å². The van der Waals surface area contributed by atoms with Crippen LogP contribution < -0.4 is 5.32 Å². The molecule has 19 heavy (non-hydrogen) atoms. The number of aryl methyl sites for hydroxylation is 1. The van der Waals surface area contributed by atoms with Gasteiger partial charge in [-0.25, -0.2) is 0 Å². The number of nitrogens with one attached hydrogen (secondary N) is 1. The summed E-state index contributed by atoms with van der Waals surface area (Å²) in [4.78, 5) is 11.1. The molecule has 0 spiro atoms. The van der Waals surface area contributed by atoms with Gasteiger partial charge in [-0.05, 0) is 36.6 Å². The zero-order chi connectivity index (χ0) is 14.4. The van der Waals surface area contributed by atoms with E-state index in [0.29, 0.717) is 18.0 Å². The standard InChI is InChI=1S/C14H19BrClNO2/c1-3-4-5-13(14(18)19)17-8-10-7-12(16)9(2)6-11(10)15/h6-7,13,17H,3-5,8H2,1-2H3,(H,18,19)/t13-/m0/s1. The summed E-state index contributed by atoms with van der Waals surface area (Å²) in [5.41, 5.74) is 1.97. The van der Waals surface area contributed by atoms with Gasteiger partial charge >= 0.3 is 5.97 Å². The van der Waals surface area contributed by atoms with Gasteiger partial charge < -0.3 is 10.4 Å². The minimum atomic E-state index is -0.803. The SMILES string of the molecule is CCCC[C@H](NCc1cc(Cl)c(C)cc1Br)C(=O)O. The molecule has 0 heterocycles. The molecular weight excluding hydrogens is 330 g/mol. The minimum absolute atomic E-state index is 0.487. The van der Waals surface area contributed by atoms with Gasteiger partial charge in [0.05, 0.1) is 0 Å². The third-order valence-corrected chi connectivity index (χ3v) is 4.16. The molecule has 0 aliphatic rings. The average Bonchev–Trinajstić information content (AvgIpc) is 2.34. The third-order valence-electron chi connectivity index (χ3n) is 3.01. The van der Waals surface area contributed by atoms with Gasteiger partial charge in [-0.1, -0.05) is 47.3 Å². The van der Waals surface area contributed by atoms with E-state index in [9.17, 15) is 4.79 Å². The van der Waals surface area contributed by atoms with Crippen molar-refractivity contribution >= 4 is 33.5 Å². The highest BCUT2D eigenvalue weighted by atomic mass is 79.9. The van der Waals surface area contributed by atoms with Gasteiger partial charge in [-0.2, -0.15) is 0 Å². The number of hydrogen-bond acceptors (Lipinski definition) is 2. The molecule has 0 unspecified atom stereocenters. The number of aliphatic carboxylic acids is 1. The molecule has 5 heteroatoms. The van der Waals surface area contributed by atoms with Crippen LogP contribution in [0.2, 0.25) is 5.02 Å². The molecule has 0 radical (unpaired) electrons. The number of carboxylic acid groups (broad SMARTS) is 1. The second-order valence-corrected chi connectivity index (χ2v) is 5.87. The number of benzene rings is 1. The Morgan fingerprint density at radius 2 is 2.21 bits per heavy atom. The number of hydrogen-bond donors (Lipinski definition) is 2. The number of halogens is 2. The molecule has 0 aliphatic carbocycles. The summed E-state index contributed by atoms with van der Waals surface area (Å²) in [6.07, 6.45) is 2.54. The molecule has 106 valence electrons. The Labute approximate surface area is 127 Å². The molecular formula is C14H19BrClNO2. The second kappa shape index (κ2) is 7.88. The fraction of sp³-hybridized carbons (Fsp3) is 0.500. The minimum Gasteiger partial charge on any atom is -0.480 e. The summed E-state index contributed by atoms with van der Waals surface area (Å²) < 4.78 is 0.946. The zero-order valence-electron chi connectivity index (χ0n) is 11.2. The van der Waals surface area contributed by atoms with Crippen LogP contribution in [0.4, 0.5) is 0 Å². The van der Waals surface area contributed by atoms with Crippen molar-refractivity contribution in [2.24, 2.45) is 0 Å². The fourth-order valence-electron chi connectivity index (χ4n) is 1.78. The highest BCUT2D eigenvalue weighted by Crippen LogP contribution is 2.25. The maximum absolute atomic E-state index is 11.1. The number of carbonyl (C=O) groups is 1. The Hall–Kier alpha value is -0.580. The van der Waals surface area contributed by atoms with Crippen LogP contribution in [0.5, 0.6) is 0 Å². The van der Waals surface area contributed by atoms with E-state index in [1.807, 2.05) is 19.1 Å². The Morgan fingerprint density at radius 1 is 1.53 bits per heavy atom. The molecule has 3 nitrogen and oxygen atoms in total. The molecule has 0 saturated carbocycles. The van der Waals surface area contributed by atoms with Crippen LogP contribution in [0.25, 0.3) is 0 Å². The lowest BCUT2D eigenvalue weighted by molar-refractivity contribution is -0.139. The highest BCUT2D eigenvalue weighted by Gasteiger charge is 2.16. The van der Waals surface area contributed by atoms with Crippen LogP contribution in [0.15, 0.2) is 16.6 Å². The number of unbranched alkanes of at least 4 members (excludes halogenated alkanes) is 1. The maximum atomic E-state index is 11.1. The van der Waals surface area contributed by atoms with Gasteiger partial charge in [-0.3, -0.25) is 4.79 Å². The molecule has 1 rings (SSSR count). The molecule has 0 aromatic heterocycles. The molecule has 0 amide bonds. The lowest BCUT2D eigenvalue weighted by atomic mass is 10.1. The molecule has 0 saturated heterocycles. The van der Waals surface area contributed by atoms with E-state index in [2.05, 4.69) is 28.2 Å². The summed E-state index contributed by atoms with van der Waals surface area (Å²) >= 11 is 9.56. The van der Waals surface area contributed by atoms with Crippen LogP contribution in [0.3, 0.4) is 0 Å². The summed E-state index contributed by atoms with van der Waals surface area (Å²) in [7, 11) is 0. The smallest absolute Gasteiger partial charge is 0.320 e. The van der Waals surface area contributed by atoms with E-state index >= 15 is 0 Å². The monoisotopic (exact) mass is 347 g/mol. The first-order valence-electron chi connectivity index (χ1n) is 6.36. The van der Waals surface area contributed by atoms with Crippen molar-refractivity contribution in [2.45, 2.75) is 45.7 Å². The van der Waals surface area contributed by atoms with E-state index in [1.165, 1.54) is 0 Å². The van der Waals surface area contributed by atoms with Crippen LogP contribution in [-0.4, -0.2) is 17.1 Å². The molecule has 1 aromatic rings. The molecule has 1 aromatic carbocycles. The second-order valence-electron chi connectivity index (χ2n) is 4.61. The van der Waals surface area contributed by atoms with Crippen LogP contribution in [0, 0.1) is 6.92 Å². The Bertz CT molecular complexity index is 451. The summed E-state index contributed by atoms with van der Waals surface area (Å²) in [6, 6.07) is 3.31. The summed E-state index contributed by atoms with van der Waals surface area (Å²) in [5, 5.41) is 12.9. The third kappa shape index (κ3) is 5.13. The maximum Gasteiger partial charge on any atom is 0.320 e. The van der Waals surface area contributed by atoms with E-state index in [-0.39, 0.29) is 0 Å².